The van der Waals surface area contributed by atoms with E-state index < -0.39 is 7.12 Å². The molecule has 0 aliphatic heterocycles. The molecule has 0 aliphatic rings. The van der Waals surface area contributed by atoms with Crippen LogP contribution in [-0.2, 0) is 0 Å². The van der Waals surface area contributed by atoms with Gasteiger partial charge in [0.25, 0.3) is 0 Å². The minimum atomic E-state index is -1.56. The summed E-state index contributed by atoms with van der Waals surface area (Å²) in [6.07, 6.45) is 0. The van der Waals surface area contributed by atoms with Crippen molar-refractivity contribution in [1.29, 1.82) is 0 Å². The fourth-order valence-corrected chi connectivity index (χ4v) is 4.32. The second kappa shape index (κ2) is 9.29. The minimum absolute atomic E-state index is 0.466. The summed E-state index contributed by atoms with van der Waals surface area (Å²) >= 11 is 0. The third-order valence-electron chi connectivity index (χ3n) is 5.90. The van der Waals surface area contributed by atoms with Gasteiger partial charge in [0, 0.05) is 0 Å². The molecule has 0 unspecified atom stereocenters. The lowest BCUT2D eigenvalue weighted by atomic mass is 9.76. The Bertz CT molecular complexity index is 1280. The van der Waals surface area contributed by atoms with Crippen molar-refractivity contribution in [2.24, 2.45) is 0 Å². The summed E-state index contributed by atoms with van der Waals surface area (Å²) in [6.45, 7) is 0. The Kier molecular flexibility index (Phi) is 5.90. The van der Waals surface area contributed by atoms with Gasteiger partial charge in [-0.25, -0.2) is 0 Å². The summed E-state index contributed by atoms with van der Waals surface area (Å²) in [5, 5.41) is 20.2. The van der Waals surface area contributed by atoms with Crippen molar-refractivity contribution in [3.63, 3.8) is 0 Å². The highest BCUT2D eigenvalue weighted by Gasteiger charge is 2.17. The zero-order valence-corrected chi connectivity index (χ0v) is 18.1. The summed E-state index contributed by atoms with van der Waals surface area (Å²) in [7, 11) is -1.56. The van der Waals surface area contributed by atoms with Crippen molar-refractivity contribution in [3.8, 4) is 44.5 Å². The molecule has 0 saturated heterocycles. The highest BCUT2D eigenvalue weighted by atomic mass is 16.4. The Morgan fingerprint density at radius 1 is 0.364 bits per heavy atom. The predicted octanol–water partition coefficient (Wildman–Crippen LogP) is 6.03. The van der Waals surface area contributed by atoms with Crippen molar-refractivity contribution in [2.45, 2.75) is 0 Å². The molecule has 158 valence electrons. The fraction of sp³-hybridized carbons (Fsp3) is 0. The van der Waals surface area contributed by atoms with Crippen LogP contribution in [0.15, 0.2) is 127 Å². The highest BCUT2D eigenvalue weighted by molar-refractivity contribution is 6.58. The molecule has 0 atom stereocenters. The predicted molar refractivity (Wildman–Crippen MR) is 138 cm³/mol. The van der Waals surface area contributed by atoms with Gasteiger partial charge in [-0.1, -0.05) is 121 Å². The number of hydrogen-bond donors (Lipinski definition) is 2. The molecule has 0 saturated carbocycles. The standard InChI is InChI=1S/C30H23BO2/c32-31(33)26-20-24(29-17-9-7-15-27(29)22-11-3-1-4-12-22)19-25(21-26)30-18-10-8-16-28(30)23-13-5-2-6-14-23/h1-21,32-33H. The molecule has 0 aliphatic carbocycles. The van der Waals surface area contributed by atoms with Crippen LogP contribution in [0.4, 0.5) is 0 Å². The SMILES string of the molecule is OB(O)c1cc(-c2ccccc2-c2ccccc2)cc(-c2ccccc2-c2ccccc2)c1. The van der Waals surface area contributed by atoms with E-state index in [4.69, 9.17) is 0 Å². The molecule has 0 amide bonds. The smallest absolute Gasteiger partial charge is 0.423 e. The Balaban J connectivity index is 1.72. The van der Waals surface area contributed by atoms with Crippen molar-refractivity contribution in [3.05, 3.63) is 127 Å². The third-order valence-corrected chi connectivity index (χ3v) is 5.90. The van der Waals surface area contributed by atoms with E-state index in [2.05, 4.69) is 54.6 Å². The molecular weight excluding hydrogens is 403 g/mol. The van der Waals surface area contributed by atoms with Crippen LogP contribution in [0.5, 0.6) is 0 Å². The van der Waals surface area contributed by atoms with Crippen molar-refractivity contribution < 1.29 is 10.0 Å². The second-order valence-electron chi connectivity index (χ2n) is 8.04. The van der Waals surface area contributed by atoms with E-state index in [-0.39, 0.29) is 0 Å². The molecule has 0 aromatic heterocycles. The quantitative estimate of drug-likeness (QED) is 0.337. The first-order valence-corrected chi connectivity index (χ1v) is 11.0. The van der Waals surface area contributed by atoms with Gasteiger partial charge in [0.1, 0.15) is 0 Å². The van der Waals surface area contributed by atoms with Gasteiger partial charge in [-0.15, -0.1) is 0 Å². The van der Waals surface area contributed by atoms with Crippen LogP contribution in [0.1, 0.15) is 0 Å². The first-order chi connectivity index (χ1) is 16.2. The summed E-state index contributed by atoms with van der Waals surface area (Å²) in [6, 6.07) is 42.8. The average Bonchev–Trinajstić information content (AvgIpc) is 2.89. The zero-order chi connectivity index (χ0) is 22.6. The fourth-order valence-electron chi connectivity index (χ4n) is 4.32. The molecule has 3 heteroatoms. The van der Waals surface area contributed by atoms with Gasteiger partial charge in [-0.3, -0.25) is 0 Å². The molecule has 0 fully saturated rings. The van der Waals surface area contributed by atoms with Gasteiger partial charge in [0.15, 0.2) is 0 Å². The van der Waals surface area contributed by atoms with Gasteiger partial charge in [-0.05, 0) is 56.0 Å². The molecule has 0 radical (unpaired) electrons. The maximum absolute atomic E-state index is 10.1. The molecule has 0 heterocycles. The second-order valence-corrected chi connectivity index (χ2v) is 8.04. The maximum atomic E-state index is 10.1. The normalized spacial score (nSPS) is 10.7. The lowest BCUT2D eigenvalue weighted by Gasteiger charge is -2.16. The van der Waals surface area contributed by atoms with Crippen molar-refractivity contribution in [1.82, 2.24) is 0 Å². The molecule has 33 heavy (non-hydrogen) atoms. The summed E-state index contributed by atoms with van der Waals surface area (Å²) in [4.78, 5) is 0. The lowest BCUT2D eigenvalue weighted by Crippen LogP contribution is -2.30. The molecule has 0 bridgehead atoms. The molecular formula is C30H23BO2. The monoisotopic (exact) mass is 426 g/mol. The topological polar surface area (TPSA) is 40.5 Å². The van der Waals surface area contributed by atoms with E-state index in [0.717, 1.165) is 44.5 Å². The number of rotatable bonds is 5. The van der Waals surface area contributed by atoms with Crippen LogP contribution < -0.4 is 5.46 Å². The first-order valence-electron chi connectivity index (χ1n) is 11.0. The van der Waals surface area contributed by atoms with E-state index in [1.54, 1.807) is 0 Å². The summed E-state index contributed by atoms with van der Waals surface area (Å²) in [5.41, 5.74) is 8.89. The largest absolute Gasteiger partial charge is 0.488 e. The first kappa shape index (κ1) is 21.0. The zero-order valence-electron chi connectivity index (χ0n) is 18.1. The third kappa shape index (κ3) is 4.38. The van der Waals surface area contributed by atoms with Crippen molar-refractivity contribution >= 4 is 12.6 Å². The molecule has 5 aromatic rings. The van der Waals surface area contributed by atoms with Crippen LogP contribution >= 0.6 is 0 Å². The summed E-state index contributed by atoms with van der Waals surface area (Å²) in [5.74, 6) is 0. The average molecular weight is 426 g/mol. The van der Waals surface area contributed by atoms with Crippen molar-refractivity contribution in [2.75, 3.05) is 0 Å². The van der Waals surface area contributed by atoms with Crippen LogP contribution in [0.25, 0.3) is 44.5 Å². The van der Waals surface area contributed by atoms with E-state index in [9.17, 15) is 10.0 Å². The van der Waals surface area contributed by atoms with Gasteiger partial charge in [-0.2, -0.15) is 0 Å². The van der Waals surface area contributed by atoms with Crippen LogP contribution in [-0.4, -0.2) is 17.2 Å². The highest BCUT2D eigenvalue weighted by Crippen LogP contribution is 2.36. The molecule has 5 rings (SSSR count). The Morgan fingerprint density at radius 2 is 0.697 bits per heavy atom. The lowest BCUT2D eigenvalue weighted by molar-refractivity contribution is 0.426. The van der Waals surface area contributed by atoms with Crippen LogP contribution in [0.2, 0.25) is 0 Å². The molecule has 0 spiro atoms. The van der Waals surface area contributed by atoms with E-state index in [0.29, 0.717) is 5.46 Å². The minimum Gasteiger partial charge on any atom is -0.423 e. The Morgan fingerprint density at radius 3 is 1.06 bits per heavy atom. The Labute approximate surface area is 194 Å². The molecule has 2 nitrogen and oxygen atoms in total. The van der Waals surface area contributed by atoms with Gasteiger partial charge >= 0.3 is 7.12 Å². The van der Waals surface area contributed by atoms with E-state index in [1.807, 2.05) is 72.8 Å². The van der Waals surface area contributed by atoms with Crippen LogP contribution in [0.3, 0.4) is 0 Å². The van der Waals surface area contributed by atoms with E-state index in [1.165, 1.54) is 0 Å². The Hall–Kier alpha value is -3.92. The van der Waals surface area contributed by atoms with E-state index >= 15 is 0 Å². The van der Waals surface area contributed by atoms with Gasteiger partial charge in [0.05, 0.1) is 0 Å². The molecule has 2 N–H and O–H groups in total. The maximum Gasteiger partial charge on any atom is 0.488 e. The van der Waals surface area contributed by atoms with Gasteiger partial charge < -0.3 is 10.0 Å². The number of benzene rings is 5. The van der Waals surface area contributed by atoms with Gasteiger partial charge in [0.2, 0.25) is 0 Å². The summed E-state index contributed by atoms with van der Waals surface area (Å²) < 4.78 is 0. The van der Waals surface area contributed by atoms with Crippen LogP contribution in [0, 0.1) is 0 Å². The molecule has 5 aromatic carbocycles. The number of hydrogen-bond acceptors (Lipinski definition) is 2.